The molecule has 20 heavy (non-hydrogen) atoms. The van der Waals surface area contributed by atoms with Gasteiger partial charge >= 0.3 is 0 Å². The fourth-order valence-corrected chi connectivity index (χ4v) is 2.91. The summed E-state index contributed by atoms with van der Waals surface area (Å²) in [4.78, 5) is 20.1. The lowest BCUT2D eigenvalue weighted by Crippen LogP contribution is -2.00. The molecule has 4 heteroatoms. The van der Waals surface area contributed by atoms with E-state index in [1.54, 1.807) is 6.20 Å². The van der Waals surface area contributed by atoms with Crippen molar-refractivity contribution >= 4 is 33.6 Å². The molecule has 0 amide bonds. The third-order valence-electron chi connectivity index (χ3n) is 3.32. The molecule has 100 valence electrons. The van der Waals surface area contributed by atoms with Crippen molar-refractivity contribution < 1.29 is 4.79 Å². The van der Waals surface area contributed by atoms with Crippen LogP contribution in [0.25, 0.3) is 16.5 Å². The van der Waals surface area contributed by atoms with Crippen LogP contribution in [0.3, 0.4) is 0 Å². The number of fused-ring (bicyclic) bond motifs is 1. The van der Waals surface area contributed by atoms with Crippen LogP contribution in [0.4, 0.5) is 0 Å². The Labute approximate surface area is 121 Å². The predicted molar refractivity (Wildman–Crippen MR) is 83.2 cm³/mol. The van der Waals surface area contributed by atoms with Crippen molar-refractivity contribution in [3.63, 3.8) is 0 Å². The molecule has 0 radical (unpaired) electrons. The second-order valence-corrected chi connectivity index (χ2v) is 5.43. The van der Waals surface area contributed by atoms with Crippen LogP contribution in [0.5, 0.6) is 0 Å². The van der Waals surface area contributed by atoms with E-state index in [1.807, 2.05) is 36.6 Å². The van der Waals surface area contributed by atoms with Gasteiger partial charge in [0.2, 0.25) is 5.78 Å². The number of carbonyl (C=O) groups is 1. The van der Waals surface area contributed by atoms with Crippen molar-refractivity contribution in [2.24, 2.45) is 0 Å². The molecule has 0 saturated carbocycles. The van der Waals surface area contributed by atoms with Crippen LogP contribution < -0.4 is 0 Å². The minimum Gasteiger partial charge on any atom is -0.360 e. The largest absolute Gasteiger partial charge is 0.360 e. The van der Waals surface area contributed by atoms with Gasteiger partial charge in [-0.3, -0.25) is 4.79 Å². The number of rotatable bonds is 4. The first kappa shape index (κ1) is 12.8. The SMILES string of the molecule is C=C(CC)c1csc(C(=O)c2c[nH]c3ccccc23)n1. The van der Waals surface area contributed by atoms with Gasteiger partial charge in [0.05, 0.1) is 11.3 Å². The lowest BCUT2D eigenvalue weighted by Gasteiger charge is -1.96. The number of H-pyrrole nitrogens is 1. The Hall–Kier alpha value is -2.20. The minimum atomic E-state index is -0.0393. The maximum absolute atomic E-state index is 12.5. The number of benzene rings is 1. The van der Waals surface area contributed by atoms with E-state index in [0.717, 1.165) is 28.6 Å². The van der Waals surface area contributed by atoms with E-state index < -0.39 is 0 Å². The van der Waals surface area contributed by atoms with Crippen LogP contribution in [-0.4, -0.2) is 15.8 Å². The first-order valence-electron chi connectivity index (χ1n) is 6.45. The van der Waals surface area contributed by atoms with Gasteiger partial charge in [0.15, 0.2) is 5.01 Å². The summed E-state index contributed by atoms with van der Waals surface area (Å²) < 4.78 is 0. The van der Waals surface area contributed by atoms with Gasteiger partial charge in [-0.25, -0.2) is 4.98 Å². The van der Waals surface area contributed by atoms with Gasteiger partial charge in [-0.1, -0.05) is 31.7 Å². The first-order chi connectivity index (χ1) is 9.70. The highest BCUT2D eigenvalue weighted by molar-refractivity contribution is 7.12. The molecule has 1 N–H and O–H groups in total. The van der Waals surface area contributed by atoms with Crippen LogP contribution in [0.2, 0.25) is 0 Å². The molecule has 0 saturated heterocycles. The van der Waals surface area contributed by atoms with Gasteiger partial charge in [-0.05, 0) is 18.1 Å². The smallest absolute Gasteiger partial charge is 0.223 e. The van der Waals surface area contributed by atoms with E-state index in [9.17, 15) is 4.79 Å². The molecule has 0 aliphatic carbocycles. The summed E-state index contributed by atoms with van der Waals surface area (Å²) in [5.74, 6) is -0.0393. The Bertz CT molecular complexity index is 798. The lowest BCUT2D eigenvalue weighted by molar-refractivity contribution is 0.104. The number of ketones is 1. The highest BCUT2D eigenvalue weighted by Crippen LogP contribution is 2.24. The lowest BCUT2D eigenvalue weighted by atomic mass is 10.1. The highest BCUT2D eigenvalue weighted by atomic mass is 32.1. The number of thiazole rings is 1. The van der Waals surface area contributed by atoms with E-state index in [2.05, 4.69) is 16.5 Å². The summed E-state index contributed by atoms with van der Waals surface area (Å²) >= 11 is 1.37. The minimum absolute atomic E-state index is 0.0393. The molecule has 0 aliphatic heterocycles. The average molecular weight is 282 g/mol. The zero-order valence-electron chi connectivity index (χ0n) is 11.1. The predicted octanol–water partition coefficient (Wildman–Crippen LogP) is 4.28. The molecule has 0 aliphatic rings. The van der Waals surface area contributed by atoms with Gasteiger partial charge in [-0.2, -0.15) is 0 Å². The topological polar surface area (TPSA) is 45.8 Å². The molecule has 0 atom stereocenters. The Morgan fingerprint density at radius 2 is 2.20 bits per heavy atom. The Morgan fingerprint density at radius 3 is 3.00 bits per heavy atom. The zero-order chi connectivity index (χ0) is 14.1. The number of aromatic nitrogens is 2. The number of para-hydroxylation sites is 1. The van der Waals surface area contributed by atoms with E-state index in [1.165, 1.54) is 11.3 Å². The standard InChI is InChI=1S/C16H14N2OS/c1-3-10(2)14-9-20-16(18-14)15(19)12-8-17-13-7-5-4-6-11(12)13/h4-9,17H,2-3H2,1H3. The fourth-order valence-electron chi connectivity index (χ4n) is 2.10. The number of carbonyl (C=O) groups excluding carboxylic acids is 1. The quantitative estimate of drug-likeness (QED) is 0.726. The molecule has 0 fully saturated rings. The summed E-state index contributed by atoms with van der Waals surface area (Å²) in [7, 11) is 0. The number of nitrogens with zero attached hydrogens (tertiary/aromatic N) is 1. The van der Waals surface area contributed by atoms with Crippen molar-refractivity contribution in [2.75, 3.05) is 0 Å². The maximum atomic E-state index is 12.5. The zero-order valence-corrected chi connectivity index (χ0v) is 12.0. The van der Waals surface area contributed by atoms with Crippen LogP contribution in [0.1, 0.15) is 34.4 Å². The van der Waals surface area contributed by atoms with Crippen LogP contribution >= 0.6 is 11.3 Å². The third-order valence-corrected chi connectivity index (χ3v) is 4.16. The van der Waals surface area contributed by atoms with Crippen molar-refractivity contribution in [1.29, 1.82) is 0 Å². The van der Waals surface area contributed by atoms with E-state index in [0.29, 0.717) is 10.6 Å². The monoisotopic (exact) mass is 282 g/mol. The highest BCUT2D eigenvalue weighted by Gasteiger charge is 2.17. The number of aromatic amines is 1. The average Bonchev–Trinajstić information content (AvgIpc) is 3.12. The molecular weight excluding hydrogens is 268 g/mol. The number of hydrogen-bond donors (Lipinski definition) is 1. The fraction of sp³-hybridized carbons (Fsp3) is 0.125. The maximum Gasteiger partial charge on any atom is 0.223 e. The Kier molecular flexibility index (Phi) is 3.24. The van der Waals surface area contributed by atoms with Crippen molar-refractivity contribution in [3.05, 3.63) is 58.7 Å². The third kappa shape index (κ3) is 2.08. The second-order valence-electron chi connectivity index (χ2n) is 4.57. The van der Waals surface area contributed by atoms with Gasteiger partial charge < -0.3 is 4.98 Å². The summed E-state index contributed by atoms with van der Waals surface area (Å²) in [6.07, 6.45) is 2.59. The van der Waals surface area contributed by atoms with Gasteiger partial charge in [0.1, 0.15) is 0 Å². The molecule has 1 aromatic carbocycles. The molecule has 3 rings (SSSR count). The number of hydrogen-bond acceptors (Lipinski definition) is 3. The molecular formula is C16H14N2OS. The summed E-state index contributed by atoms with van der Waals surface area (Å²) in [5.41, 5.74) is 3.41. The Balaban J connectivity index is 2.00. The van der Waals surface area contributed by atoms with Gasteiger partial charge in [0, 0.05) is 22.5 Å². The molecule has 0 spiro atoms. The van der Waals surface area contributed by atoms with Crippen molar-refractivity contribution in [3.8, 4) is 0 Å². The Morgan fingerprint density at radius 1 is 1.40 bits per heavy atom. The van der Waals surface area contributed by atoms with E-state index >= 15 is 0 Å². The first-order valence-corrected chi connectivity index (χ1v) is 7.33. The summed E-state index contributed by atoms with van der Waals surface area (Å²) in [5, 5.41) is 3.34. The number of nitrogens with one attached hydrogen (secondary N) is 1. The van der Waals surface area contributed by atoms with Crippen molar-refractivity contribution in [1.82, 2.24) is 9.97 Å². The summed E-state index contributed by atoms with van der Waals surface area (Å²) in [6.45, 7) is 5.99. The summed E-state index contributed by atoms with van der Waals surface area (Å²) in [6, 6.07) is 7.77. The van der Waals surface area contributed by atoms with E-state index in [-0.39, 0.29) is 5.78 Å². The van der Waals surface area contributed by atoms with Gasteiger partial charge in [0.25, 0.3) is 0 Å². The molecule has 2 aromatic heterocycles. The van der Waals surface area contributed by atoms with Crippen LogP contribution in [0, 0.1) is 0 Å². The van der Waals surface area contributed by atoms with E-state index in [4.69, 9.17) is 0 Å². The van der Waals surface area contributed by atoms with Crippen LogP contribution in [-0.2, 0) is 0 Å². The van der Waals surface area contributed by atoms with Crippen LogP contribution in [0.15, 0.2) is 42.4 Å². The van der Waals surface area contributed by atoms with Crippen molar-refractivity contribution in [2.45, 2.75) is 13.3 Å². The van der Waals surface area contributed by atoms with Gasteiger partial charge in [-0.15, -0.1) is 11.3 Å². The molecule has 0 bridgehead atoms. The normalized spacial score (nSPS) is 10.8. The molecule has 2 heterocycles. The molecule has 3 aromatic rings. The number of allylic oxidation sites excluding steroid dienone is 1. The molecule has 3 nitrogen and oxygen atoms in total. The molecule has 0 unspecified atom stereocenters. The second kappa shape index (κ2) is 5.06.